The Morgan fingerprint density at radius 2 is 1.24 bits per heavy atom. The highest BCUT2D eigenvalue weighted by Gasteiger charge is 2.10. The van der Waals surface area contributed by atoms with Crippen LogP contribution in [0.4, 0.5) is 0 Å². The molecule has 0 unspecified atom stereocenters. The average Bonchev–Trinajstić information content (AvgIpc) is 2.49. The zero-order valence-corrected chi connectivity index (χ0v) is 15.5. The Balaban J connectivity index is 2.02. The Morgan fingerprint density at radius 1 is 0.810 bits per heavy atom. The van der Waals surface area contributed by atoms with Gasteiger partial charge >= 0.3 is 0 Å². The lowest BCUT2D eigenvalue weighted by Gasteiger charge is -2.19. The second-order valence-electron chi connectivity index (χ2n) is 5.31. The largest absolute Gasteiger partial charge is 0.313 e. The van der Waals surface area contributed by atoms with Crippen LogP contribution in [0.1, 0.15) is 24.5 Å². The SMILES string of the molecule is CCCNC(Cc1ccc(Br)cc1)Cc1ccc(Br)cc1. The summed E-state index contributed by atoms with van der Waals surface area (Å²) in [5.74, 6) is 0. The molecule has 112 valence electrons. The summed E-state index contributed by atoms with van der Waals surface area (Å²) in [6.45, 7) is 3.28. The number of hydrogen-bond acceptors (Lipinski definition) is 1. The van der Waals surface area contributed by atoms with Gasteiger partial charge < -0.3 is 5.32 Å². The van der Waals surface area contributed by atoms with Gasteiger partial charge in [-0.25, -0.2) is 0 Å². The van der Waals surface area contributed by atoms with Gasteiger partial charge in [0, 0.05) is 15.0 Å². The average molecular weight is 411 g/mol. The van der Waals surface area contributed by atoms with Gasteiger partial charge in [-0.05, 0) is 61.2 Å². The Labute approximate surface area is 144 Å². The van der Waals surface area contributed by atoms with Gasteiger partial charge in [-0.1, -0.05) is 63.0 Å². The third-order valence-corrected chi connectivity index (χ3v) is 4.53. The maximum absolute atomic E-state index is 3.67. The molecule has 0 radical (unpaired) electrons. The molecule has 1 N–H and O–H groups in total. The van der Waals surface area contributed by atoms with E-state index in [4.69, 9.17) is 0 Å². The van der Waals surface area contributed by atoms with Crippen LogP contribution in [-0.4, -0.2) is 12.6 Å². The lowest BCUT2D eigenvalue weighted by Crippen LogP contribution is -2.33. The Bertz CT molecular complexity index is 487. The molecular weight excluding hydrogens is 390 g/mol. The highest BCUT2D eigenvalue weighted by molar-refractivity contribution is 9.10. The third-order valence-electron chi connectivity index (χ3n) is 3.47. The quantitative estimate of drug-likeness (QED) is 0.647. The molecule has 0 amide bonds. The lowest BCUT2D eigenvalue weighted by atomic mass is 9.99. The zero-order chi connectivity index (χ0) is 15.1. The molecule has 2 aromatic carbocycles. The van der Waals surface area contributed by atoms with Gasteiger partial charge in [0.25, 0.3) is 0 Å². The van der Waals surface area contributed by atoms with Gasteiger partial charge in [0.05, 0.1) is 0 Å². The third kappa shape index (κ3) is 5.93. The minimum atomic E-state index is 0.479. The van der Waals surface area contributed by atoms with E-state index in [0.29, 0.717) is 6.04 Å². The van der Waals surface area contributed by atoms with Crippen LogP contribution in [0.15, 0.2) is 57.5 Å². The fraction of sp³-hybridized carbons (Fsp3) is 0.333. The first-order valence-corrected chi connectivity index (χ1v) is 8.98. The predicted molar refractivity (Wildman–Crippen MR) is 97.8 cm³/mol. The molecular formula is C18H21Br2N. The van der Waals surface area contributed by atoms with Gasteiger partial charge in [-0.3, -0.25) is 0 Å². The van der Waals surface area contributed by atoms with Crippen LogP contribution >= 0.6 is 31.9 Å². The van der Waals surface area contributed by atoms with Crippen molar-refractivity contribution in [2.75, 3.05) is 6.54 Å². The van der Waals surface area contributed by atoms with E-state index in [2.05, 4.69) is 92.6 Å². The van der Waals surface area contributed by atoms with E-state index < -0.39 is 0 Å². The maximum atomic E-state index is 3.67. The molecule has 2 aromatic rings. The monoisotopic (exact) mass is 409 g/mol. The molecule has 21 heavy (non-hydrogen) atoms. The number of halogens is 2. The molecule has 0 saturated carbocycles. The molecule has 3 heteroatoms. The molecule has 1 nitrogen and oxygen atoms in total. The molecule has 0 bridgehead atoms. The van der Waals surface area contributed by atoms with Crippen LogP contribution in [0.3, 0.4) is 0 Å². The van der Waals surface area contributed by atoms with Crippen LogP contribution in [0, 0.1) is 0 Å². The Hall–Kier alpha value is -0.640. The molecule has 0 aromatic heterocycles. The van der Waals surface area contributed by atoms with Crippen LogP contribution in [0.5, 0.6) is 0 Å². The summed E-state index contributed by atoms with van der Waals surface area (Å²) < 4.78 is 2.27. The number of nitrogens with one attached hydrogen (secondary N) is 1. The van der Waals surface area contributed by atoms with Crippen molar-refractivity contribution < 1.29 is 0 Å². The van der Waals surface area contributed by atoms with Crippen LogP contribution in [0.25, 0.3) is 0 Å². The summed E-state index contributed by atoms with van der Waals surface area (Å²) in [6, 6.07) is 17.7. The summed E-state index contributed by atoms with van der Waals surface area (Å²) in [4.78, 5) is 0. The minimum absolute atomic E-state index is 0.479. The highest BCUT2D eigenvalue weighted by atomic mass is 79.9. The molecule has 0 spiro atoms. The van der Waals surface area contributed by atoms with Gasteiger partial charge in [-0.2, -0.15) is 0 Å². The van der Waals surface area contributed by atoms with Crippen LogP contribution in [0.2, 0.25) is 0 Å². The molecule has 0 heterocycles. The Kier molecular flexibility index (Phi) is 6.94. The van der Waals surface area contributed by atoms with E-state index in [1.807, 2.05) is 0 Å². The van der Waals surface area contributed by atoms with Gasteiger partial charge in [0.2, 0.25) is 0 Å². The summed E-state index contributed by atoms with van der Waals surface area (Å²) in [5, 5.41) is 3.67. The molecule has 0 saturated heterocycles. The summed E-state index contributed by atoms with van der Waals surface area (Å²) in [7, 11) is 0. The van der Waals surface area contributed by atoms with Crippen molar-refractivity contribution in [2.24, 2.45) is 0 Å². The van der Waals surface area contributed by atoms with E-state index in [1.54, 1.807) is 0 Å². The molecule has 0 fully saturated rings. The van der Waals surface area contributed by atoms with E-state index in [0.717, 1.165) is 34.8 Å². The number of hydrogen-bond donors (Lipinski definition) is 1. The first-order chi connectivity index (χ1) is 10.2. The van der Waals surface area contributed by atoms with Crippen molar-refractivity contribution in [1.82, 2.24) is 5.32 Å². The summed E-state index contributed by atoms with van der Waals surface area (Å²) in [5.41, 5.74) is 2.76. The van der Waals surface area contributed by atoms with Gasteiger partial charge in [0.15, 0.2) is 0 Å². The van der Waals surface area contributed by atoms with E-state index in [-0.39, 0.29) is 0 Å². The smallest absolute Gasteiger partial charge is 0.0175 e. The number of benzene rings is 2. The van der Waals surface area contributed by atoms with E-state index >= 15 is 0 Å². The topological polar surface area (TPSA) is 12.0 Å². The first kappa shape index (κ1) is 16.7. The van der Waals surface area contributed by atoms with Crippen molar-refractivity contribution in [3.05, 3.63) is 68.6 Å². The molecule has 0 atom stereocenters. The van der Waals surface area contributed by atoms with Crippen molar-refractivity contribution in [3.8, 4) is 0 Å². The maximum Gasteiger partial charge on any atom is 0.0175 e. The standard InChI is InChI=1S/C18H21Br2N/c1-2-11-21-18(12-14-3-7-16(19)8-4-14)13-15-5-9-17(20)10-6-15/h3-10,18,21H,2,11-13H2,1H3. The minimum Gasteiger partial charge on any atom is -0.313 e. The normalized spacial score (nSPS) is 11.0. The van der Waals surface area contributed by atoms with Gasteiger partial charge in [-0.15, -0.1) is 0 Å². The second-order valence-corrected chi connectivity index (χ2v) is 7.14. The Morgan fingerprint density at radius 3 is 1.62 bits per heavy atom. The summed E-state index contributed by atoms with van der Waals surface area (Å²) in [6.07, 6.45) is 3.28. The second kappa shape index (κ2) is 8.72. The van der Waals surface area contributed by atoms with Crippen LogP contribution < -0.4 is 5.32 Å². The molecule has 0 aliphatic heterocycles. The van der Waals surface area contributed by atoms with E-state index in [1.165, 1.54) is 11.1 Å². The molecule has 0 aliphatic carbocycles. The fourth-order valence-corrected chi connectivity index (χ4v) is 2.90. The molecule has 2 rings (SSSR count). The molecule has 0 aliphatic rings. The predicted octanol–water partition coefficient (Wildman–Crippen LogP) is 5.37. The van der Waals surface area contributed by atoms with Crippen molar-refractivity contribution in [2.45, 2.75) is 32.2 Å². The highest BCUT2D eigenvalue weighted by Crippen LogP contribution is 2.15. The van der Waals surface area contributed by atoms with Crippen molar-refractivity contribution >= 4 is 31.9 Å². The van der Waals surface area contributed by atoms with Crippen molar-refractivity contribution in [3.63, 3.8) is 0 Å². The van der Waals surface area contributed by atoms with Gasteiger partial charge in [0.1, 0.15) is 0 Å². The fourth-order valence-electron chi connectivity index (χ4n) is 2.37. The number of rotatable bonds is 7. The first-order valence-electron chi connectivity index (χ1n) is 7.39. The van der Waals surface area contributed by atoms with Crippen LogP contribution in [-0.2, 0) is 12.8 Å². The lowest BCUT2D eigenvalue weighted by molar-refractivity contribution is 0.505. The van der Waals surface area contributed by atoms with Crippen molar-refractivity contribution in [1.29, 1.82) is 0 Å². The summed E-state index contributed by atoms with van der Waals surface area (Å²) >= 11 is 6.99. The van der Waals surface area contributed by atoms with E-state index in [9.17, 15) is 0 Å². The zero-order valence-electron chi connectivity index (χ0n) is 12.3.